The normalized spacial score (nSPS) is 11.3. The third-order valence-electron chi connectivity index (χ3n) is 3.87. The average molecular weight is 380 g/mol. The predicted octanol–water partition coefficient (Wildman–Crippen LogP) is 4.63. The molecular formula is C22H24N2O4. The van der Waals surface area contributed by atoms with Crippen molar-refractivity contribution < 1.29 is 18.7 Å². The summed E-state index contributed by atoms with van der Waals surface area (Å²) < 4.78 is 16.7. The van der Waals surface area contributed by atoms with Crippen molar-refractivity contribution in [1.82, 2.24) is 5.43 Å². The number of benzene rings is 2. The highest BCUT2D eigenvalue weighted by atomic mass is 16.5. The third-order valence-corrected chi connectivity index (χ3v) is 3.87. The molecule has 3 aromatic rings. The van der Waals surface area contributed by atoms with Gasteiger partial charge in [-0.15, -0.1) is 0 Å². The Morgan fingerprint density at radius 1 is 1.11 bits per heavy atom. The highest BCUT2D eigenvalue weighted by molar-refractivity contribution is 5.96. The predicted molar refractivity (Wildman–Crippen MR) is 109 cm³/mol. The van der Waals surface area contributed by atoms with Gasteiger partial charge in [-0.1, -0.05) is 13.8 Å². The lowest BCUT2D eigenvalue weighted by molar-refractivity contribution is 0.0929. The minimum Gasteiger partial charge on any atom is -0.494 e. The second-order valence-corrected chi connectivity index (χ2v) is 6.72. The number of amides is 1. The molecule has 0 aliphatic heterocycles. The Morgan fingerprint density at radius 3 is 2.57 bits per heavy atom. The summed E-state index contributed by atoms with van der Waals surface area (Å²) in [5.74, 6) is 1.80. The van der Waals surface area contributed by atoms with Crippen LogP contribution in [0.25, 0.3) is 11.0 Å². The maximum atomic E-state index is 12.2. The number of carbonyl (C=O) groups excluding carboxylic acids is 1. The Kier molecular flexibility index (Phi) is 6.32. The molecule has 0 bridgehead atoms. The summed E-state index contributed by atoms with van der Waals surface area (Å²) in [6.07, 6.45) is 1.57. The van der Waals surface area contributed by atoms with Gasteiger partial charge < -0.3 is 13.9 Å². The van der Waals surface area contributed by atoms with E-state index in [4.69, 9.17) is 13.9 Å². The summed E-state index contributed by atoms with van der Waals surface area (Å²) in [5.41, 5.74) is 3.95. The molecule has 1 aromatic heterocycles. The number of rotatable bonds is 8. The van der Waals surface area contributed by atoms with E-state index in [0.717, 1.165) is 22.4 Å². The first-order chi connectivity index (χ1) is 13.5. The Labute approximate surface area is 164 Å². The lowest BCUT2D eigenvalue weighted by Gasteiger charge is -2.08. The minimum atomic E-state index is -0.415. The molecule has 3 rings (SSSR count). The second kappa shape index (κ2) is 9.08. The zero-order valence-corrected chi connectivity index (χ0v) is 16.3. The van der Waals surface area contributed by atoms with E-state index in [1.165, 1.54) is 0 Å². The molecule has 1 heterocycles. The molecule has 28 heavy (non-hydrogen) atoms. The standard InChI is InChI=1S/C22H24N2O4/c1-4-26-19-9-10-20-17(11-19)12-21(28-20)22(25)24-23-13-16-5-7-18(8-6-16)27-14-15(2)3/h5-13,15H,4,14H2,1-3H3,(H,24,25)/b23-13+. The van der Waals surface area contributed by atoms with E-state index >= 15 is 0 Å². The molecule has 0 aliphatic carbocycles. The van der Waals surface area contributed by atoms with Crippen molar-refractivity contribution in [3.05, 3.63) is 59.9 Å². The van der Waals surface area contributed by atoms with Gasteiger partial charge in [0, 0.05) is 5.39 Å². The molecule has 0 atom stereocenters. The number of nitrogens with one attached hydrogen (secondary N) is 1. The van der Waals surface area contributed by atoms with Crippen LogP contribution >= 0.6 is 0 Å². The zero-order valence-electron chi connectivity index (χ0n) is 16.3. The van der Waals surface area contributed by atoms with Gasteiger partial charge in [-0.3, -0.25) is 4.79 Å². The van der Waals surface area contributed by atoms with Crippen LogP contribution < -0.4 is 14.9 Å². The van der Waals surface area contributed by atoms with E-state index in [1.807, 2.05) is 43.3 Å². The van der Waals surface area contributed by atoms with Crippen molar-refractivity contribution in [2.24, 2.45) is 11.0 Å². The lowest BCUT2D eigenvalue weighted by Crippen LogP contribution is -2.16. The molecule has 0 saturated heterocycles. The lowest BCUT2D eigenvalue weighted by atomic mass is 10.2. The van der Waals surface area contributed by atoms with E-state index in [1.54, 1.807) is 18.3 Å². The molecule has 0 spiro atoms. The molecule has 0 radical (unpaired) electrons. The van der Waals surface area contributed by atoms with Crippen LogP contribution in [-0.4, -0.2) is 25.3 Å². The van der Waals surface area contributed by atoms with Crippen LogP contribution in [-0.2, 0) is 0 Å². The van der Waals surface area contributed by atoms with Crippen molar-refractivity contribution in [3.8, 4) is 11.5 Å². The Hall–Kier alpha value is -3.28. The molecule has 0 saturated carbocycles. The summed E-state index contributed by atoms with van der Waals surface area (Å²) in [4.78, 5) is 12.2. The van der Waals surface area contributed by atoms with Crippen molar-refractivity contribution in [3.63, 3.8) is 0 Å². The van der Waals surface area contributed by atoms with Gasteiger partial charge in [-0.05, 0) is 66.9 Å². The van der Waals surface area contributed by atoms with Crippen LogP contribution in [0.3, 0.4) is 0 Å². The topological polar surface area (TPSA) is 73.1 Å². The van der Waals surface area contributed by atoms with Gasteiger partial charge in [0.2, 0.25) is 0 Å². The third kappa shape index (κ3) is 5.13. The smallest absolute Gasteiger partial charge is 0.307 e. The Balaban J connectivity index is 1.59. The first-order valence-electron chi connectivity index (χ1n) is 9.28. The first-order valence-corrected chi connectivity index (χ1v) is 9.28. The highest BCUT2D eigenvalue weighted by Crippen LogP contribution is 2.24. The molecule has 0 fully saturated rings. The molecule has 2 aromatic carbocycles. The van der Waals surface area contributed by atoms with Crippen LogP contribution in [0.5, 0.6) is 11.5 Å². The summed E-state index contributed by atoms with van der Waals surface area (Å²) in [7, 11) is 0. The fourth-order valence-electron chi connectivity index (χ4n) is 2.52. The first kappa shape index (κ1) is 19.5. The quantitative estimate of drug-likeness (QED) is 0.457. The Bertz CT molecular complexity index is 958. The SMILES string of the molecule is CCOc1ccc2oc(C(=O)N/N=C/c3ccc(OCC(C)C)cc3)cc2c1. The van der Waals surface area contributed by atoms with Crippen molar-refractivity contribution in [1.29, 1.82) is 0 Å². The molecule has 6 nitrogen and oxygen atoms in total. The van der Waals surface area contributed by atoms with Gasteiger partial charge in [-0.25, -0.2) is 5.43 Å². The van der Waals surface area contributed by atoms with Crippen molar-refractivity contribution >= 4 is 23.1 Å². The van der Waals surface area contributed by atoms with Crippen molar-refractivity contribution in [2.75, 3.05) is 13.2 Å². The van der Waals surface area contributed by atoms with E-state index in [0.29, 0.717) is 24.7 Å². The summed E-state index contributed by atoms with van der Waals surface area (Å²) >= 11 is 0. The minimum absolute atomic E-state index is 0.193. The fourth-order valence-corrected chi connectivity index (χ4v) is 2.52. The molecule has 146 valence electrons. The number of furan rings is 1. The average Bonchev–Trinajstić information content (AvgIpc) is 3.11. The van der Waals surface area contributed by atoms with Gasteiger partial charge in [-0.2, -0.15) is 5.10 Å². The molecule has 1 amide bonds. The van der Waals surface area contributed by atoms with Gasteiger partial charge in [0.1, 0.15) is 17.1 Å². The maximum absolute atomic E-state index is 12.2. The number of hydrogen-bond donors (Lipinski definition) is 1. The van der Waals surface area contributed by atoms with Crippen LogP contribution in [0.1, 0.15) is 36.9 Å². The van der Waals surface area contributed by atoms with E-state index < -0.39 is 5.91 Å². The van der Waals surface area contributed by atoms with Gasteiger partial charge in [0.05, 0.1) is 19.4 Å². The highest BCUT2D eigenvalue weighted by Gasteiger charge is 2.12. The molecule has 6 heteroatoms. The summed E-state index contributed by atoms with van der Waals surface area (Å²) in [5, 5.41) is 4.79. The molecule has 0 unspecified atom stereocenters. The number of ether oxygens (including phenoxy) is 2. The summed E-state index contributed by atoms with van der Waals surface area (Å²) in [6, 6.07) is 14.6. The van der Waals surface area contributed by atoms with Gasteiger partial charge >= 0.3 is 5.91 Å². The van der Waals surface area contributed by atoms with Crippen molar-refractivity contribution in [2.45, 2.75) is 20.8 Å². The van der Waals surface area contributed by atoms with E-state index in [9.17, 15) is 4.79 Å². The molecule has 0 aliphatic rings. The molecule has 1 N–H and O–H groups in total. The number of hydrazone groups is 1. The second-order valence-electron chi connectivity index (χ2n) is 6.72. The van der Waals surface area contributed by atoms with Gasteiger partial charge in [0.15, 0.2) is 5.76 Å². The number of fused-ring (bicyclic) bond motifs is 1. The van der Waals surface area contributed by atoms with Crippen LogP contribution in [0, 0.1) is 5.92 Å². The largest absolute Gasteiger partial charge is 0.494 e. The van der Waals surface area contributed by atoms with Gasteiger partial charge in [0.25, 0.3) is 0 Å². The fraction of sp³-hybridized carbons (Fsp3) is 0.273. The van der Waals surface area contributed by atoms with Crippen LogP contribution in [0.15, 0.2) is 58.0 Å². The monoisotopic (exact) mass is 380 g/mol. The number of nitrogens with zero attached hydrogens (tertiary/aromatic N) is 1. The van der Waals surface area contributed by atoms with Crippen LogP contribution in [0.4, 0.5) is 0 Å². The zero-order chi connectivity index (χ0) is 19.9. The summed E-state index contributed by atoms with van der Waals surface area (Å²) in [6.45, 7) is 7.37. The number of carbonyl (C=O) groups is 1. The van der Waals surface area contributed by atoms with Crippen LogP contribution in [0.2, 0.25) is 0 Å². The Morgan fingerprint density at radius 2 is 1.86 bits per heavy atom. The van der Waals surface area contributed by atoms with E-state index in [2.05, 4.69) is 24.4 Å². The van der Waals surface area contributed by atoms with E-state index in [-0.39, 0.29) is 5.76 Å². The molecular weight excluding hydrogens is 356 g/mol. The maximum Gasteiger partial charge on any atom is 0.307 e. The number of hydrogen-bond acceptors (Lipinski definition) is 5.